The third kappa shape index (κ3) is 180. The van der Waals surface area contributed by atoms with E-state index in [0.29, 0.717) is 0 Å². The molecule has 0 nitrogen and oxygen atoms in total. The summed E-state index contributed by atoms with van der Waals surface area (Å²) in [5.41, 5.74) is 0. The highest BCUT2D eigenvalue weighted by atomic mass is 19.0. The molecule has 0 radical (unpaired) electrons. The minimum atomic E-state index is 0. The molecule has 0 spiro atoms. The van der Waals surface area contributed by atoms with Crippen molar-refractivity contribution in [3.8, 4) is 0 Å². The number of rotatable bonds is 0. The summed E-state index contributed by atoms with van der Waals surface area (Å²) in [6, 6.07) is 0. The highest BCUT2D eigenvalue weighted by Crippen LogP contribution is 1.38. The summed E-state index contributed by atoms with van der Waals surface area (Å²) in [6.45, 7) is 11.2. The van der Waals surface area contributed by atoms with Crippen LogP contribution in [0.4, 0.5) is 14.1 Å². The summed E-state index contributed by atoms with van der Waals surface area (Å²) < 4.78 is 0. The topological polar surface area (TPSA) is 0 Å². The van der Waals surface area contributed by atoms with E-state index in [1.165, 1.54) is 0 Å². The molecular formula is C5H13F3. The molecule has 3 heteroatoms. The van der Waals surface area contributed by atoms with Crippen LogP contribution >= 0.6 is 0 Å². The van der Waals surface area contributed by atoms with Crippen molar-refractivity contribution in [2.45, 2.75) is 6.92 Å². The molecule has 0 aliphatic rings. The molecule has 0 saturated carbocycles. The van der Waals surface area contributed by atoms with Gasteiger partial charge in [0.2, 0.25) is 0 Å². The van der Waals surface area contributed by atoms with E-state index in [-0.39, 0.29) is 14.1 Å². The summed E-state index contributed by atoms with van der Waals surface area (Å²) in [4.78, 5) is 0. The van der Waals surface area contributed by atoms with Gasteiger partial charge in [-0.2, -0.15) is 0 Å². The fourth-order valence-electron chi connectivity index (χ4n) is 0. The fraction of sp³-hybridized carbons (Fsp3) is 0.200. The first-order chi connectivity index (χ1) is 2.41. The van der Waals surface area contributed by atoms with Crippen LogP contribution in [-0.2, 0) is 0 Å². The highest BCUT2D eigenvalue weighted by molar-refractivity contribution is 4.51. The summed E-state index contributed by atoms with van der Waals surface area (Å²) in [7, 11) is 0. The van der Waals surface area contributed by atoms with Gasteiger partial charge in [0.25, 0.3) is 0 Å². The van der Waals surface area contributed by atoms with E-state index < -0.39 is 0 Å². The van der Waals surface area contributed by atoms with Crippen molar-refractivity contribution < 1.29 is 14.1 Å². The number of hydrogen-bond donors (Lipinski definition) is 0. The van der Waals surface area contributed by atoms with Gasteiger partial charge in [-0.3, -0.25) is 14.1 Å². The third-order valence-corrected chi connectivity index (χ3v) is 0. The van der Waals surface area contributed by atoms with Gasteiger partial charge in [0.05, 0.1) is 0 Å². The largest absolute Gasteiger partial charge is 0.269 e. The summed E-state index contributed by atoms with van der Waals surface area (Å²) in [5, 5.41) is 0. The lowest BCUT2D eigenvalue weighted by molar-refractivity contribution is 1.11. The Balaban J connectivity index is -0.00000000567. The molecule has 0 saturated heterocycles. The average molecular weight is 130 g/mol. The van der Waals surface area contributed by atoms with Crippen LogP contribution in [0.5, 0.6) is 0 Å². The van der Waals surface area contributed by atoms with Crippen LogP contribution in [0.15, 0.2) is 25.8 Å². The second-order valence-electron chi connectivity index (χ2n) is 0.408. The summed E-state index contributed by atoms with van der Waals surface area (Å²) in [6.07, 6.45) is 1.75. The maximum atomic E-state index is 3.36. The molecule has 0 fully saturated rings. The minimum absolute atomic E-state index is 0. The van der Waals surface area contributed by atoms with Crippen LogP contribution in [-0.4, -0.2) is 0 Å². The molecule has 0 aromatic heterocycles. The molecule has 0 amide bonds. The average Bonchev–Trinajstić information content (AvgIpc) is 1.46. The second-order valence-corrected chi connectivity index (χ2v) is 0.408. The molecule has 0 heterocycles. The Morgan fingerprint density at radius 3 is 1.00 bits per heavy atom. The lowest BCUT2D eigenvalue weighted by Gasteiger charge is -1.31. The molecule has 54 valence electrons. The van der Waals surface area contributed by atoms with Crippen LogP contribution in [0.2, 0.25) is 0 Å². The Morgan fingerprint density at radius 2 is 1.00 bits per heavy atom. The van der Waals surface area contributed by atoms with Crippen molar-refractivity contribution in [2.75, 3.05) is 0 Å². The quantitative estimate of drug-likeness (QED) is 0.442. The molecule has 0 N–H and O–H groups in total. The molecule has 0 aliphatic heterocycles. The molecule has 0 aromatic carbocycles. The van der Waals surface area contributed by atoms with Crippen molar-refractivity contribution in [1.82, 2.24) is 0 Å². The molecule has 0 aliphatic carbocycles. The fourth-order valence-corrected chi connectivity index (χ4v) is 0. The summed E-state index contributed by atoms with van der Waals surface area (Å²) >= 11 is 0. The van der Waals surface area contributed by atoms with Crippen LogP contribution in [0.1, 0.15) is 6.92 Å². The van der Waals surface area contributed by atoms with Gasteiger partial charge in [-0.25, -0.2) is 0 Å². The Hall–Kier alpha value is -0.730. The standard InChI is InChI=1S/C3H6.C2H4.3FH/c1-3-2;1-2;;;/h3H,1H2,2H3;1-2H2;3*1H. The first-order valence-electron chi connectivity index (χ1n) is 1.49. The van der Waals surface area contributed by atoms with Gasteiger partial charge in [0, 0.05) is 0 Å². The SMILES string of the molecule is C=C.C=CC.F.F.F. The minimum Gasteiger partial charge on any atom is -0.269 e. The van der Waals surface area contributed by atoms with Gasteiger partial charge in [0.15, 0.2) is 0 Å². The van der Waals surface area contributed by atoms with E-state index in [9.17, 15) is 0 Å². The van der Waals surface area contributed by atoms with Gasteiger partial charge in [-0.15, -0.1) is 19.7 Å². The maximum Gasteiger partial charge on any atom is -0.0473 e. The van der Waals surface area contributed by atoms with E-state index in [4.69, 9.17) is 0 Å². The van der Waals surface area contributed by atoms with E-state index in [1.54, 1.807) is 6.08 Å². The van der Waals surface area contributed by atoms with E-state index in [1.807, 2.05) is 6.92 Å². The first-order valence-corrected chi connectivity index (χ1v) is 1.49. The van der Waals surface area contributed by atoms with E-state index in [0.717, 1.165) is 0 Å². The van der Waals surface area contributed by atoms with Crippen molar-refractivity contribution in [1.29, 1.82) is 0 Å². The van der Waals surface area contributed by atoms with Gasteiger partial charge in [0.1, 0.15) is 0 Å². The molecule has 0 rings (SSSR count). The van der Waals surface area contributed by atoms with Crippen LogP contribution < -0.4 is 0 Å². The molecule has 0 atom stereocenters. The number of hydrogen-bond acceptors (Lipinski definition) is 0. The molecule has 0 bridgehead atoms. The number of allylic oxidation sites excluding steroid dienone is 1. The third-order valence-electron chi connectivity index (χ3n) is 0. The Bertz CT molecular complexity index is 21.6. The zero-order chi connectivity index (χ0) is 4.71. The monoisotopic (exact) mass is 130 g/mol. The first kappa shape index (κ1) is 55.5. The molecule has 0 aromatic rings. The lowest BCUT2D eigenvalue weighted by atomic mass is 10.8. The molecular weight excluding hydrogens is 117 g/mol. The van der Waals surface area contributed by atoms with Crippen LogP contribution in [0.3, 0.4) is 0 Å². The highest BCUT2D eigenvalue weighted by Gasteiger charge is 1.15. The Morgan fingerprint density at radius 1 is 1.00 bits per heavy atom. The van der Waals surface area contributed by atoms with Gasteiger partial charge >= 0.3 is 0 Å². The van der Waals surface area contributed by atoms with E-state index in [2.05, 4.69) is 19.7 Å². The van der Waals surface area contributed by atoms with Crippen LogP contribution in [0, 0.1) is 0 Å². The maximum absolute atomic E-state index is 3.36. The Labute approximate surface area is 48.0 Å². The van der Waals surface area contributed by atoms with Gasteiger partial charge in [-0.1, -0.05) is 6.08 Å². The molecule has 0 unspecified atom stereocenters. The summed E-state index contributed by atoms with van der Waals surface area (Å²) in [5.74, 6) is 0. The van der Waals surface area contributed by atoms with Gasteiger partial charge in [-0.05, 0) is 6.92 Å². The number of halogens is 3. The van der Waals surface area contributed by atoms with Crippen molar-refractivity contribution in [3.05, 3.63) is 25.8 Å². The second kappa shape index (κ2) is 2390. The predicted octanol–water partition coefficient (Wildman–Crippen LogP) is 2.45. The zero-order valence-electron chi connectivity index (χ0n) is 4.92. The Kier molecular flexibility index (Phi) is 16600. The lowest BCUT2D eigenvalue weighted by Crippen LogP contribution is -1.07. The smallest absolute Gasteiger partial charge is 0.0473 e. The van der Waals surface area contributed by atoms with Gasteiger partial charge < -0.3 is 0 Å². The zero-order valence-corrected chi connectivity index (χ0v) is 4.92. The van der Waals surface area contributed by atoms with Crippen LogP contribution in [0.25, 0.3) is 0 Å². The molecule has 8 heavy (non-hydrogen) atoms. The normalized spacial score (nSPS) is 2.12. The predicted molar refractivity (Wildman–Crippen MR) is 34.6 cm³/mol. The van der Waals surface area contributed by atoms with E-state index >= 15 is 0 Å². The van der Waals surface area contributed by atoms with Crippen molar-refractivity contribution in [3.63, 3.8) is 0 Å². The van der Waals surface area contributed by atoms with Crippen molar-refractivity contribution in [2.24, 2.45) is 0 Å². The van der Waals surface area contributed by atoms with Crippen molar-refractivity contribution >= 4 is 0 Å².